The van der Waals surface area contributed by atoms with Crippen molar-refractivity contribution < 1.29 is 4.74 Å². The van der Waals surface area contributed by atoms with Crippen molar-refractivity contribution in [1.29, 1.82) is 0 Å². The van der Waals surface area contributed by atoms with Crippen molar-refractivity contribution in [3.8, 4) is 5.75 Å². The SMILES string of the molecule is Cc1cc(C)c(OCCCCCN2CCN(C)CC2)c(C)c1. The lowest BCUT2D eigenvalue weighted by molar-refractivity contribution is 0.151. The van der Waals surface area contributed by atoms with Gasteiger partial charge in [0.25, 0.3) is 0 Å². The average molecular weight is 304 g/mol. The molecule has 0 spiro atoms. The highest BCUT2D eigenvalue weighted by atomic mass is 16.5. The molecule has 0 saturated carbocycles. The Balaban J connectivity index is 1.60. The van der Waals surface area contributed by atoms with Crippen LogP contribution in [0, 0.1) is 20.8 Å². The van der Waals surface area contributed by atoms with E-state index < -0.39 is 0 Å². The lowest BCUT2D eigenvalue weighted by atomic mass is 10.1. The standard InChI is InChI=1S/C19H32N2O/c1-16-14-17(2)19(18(3)15-16)22-13-7-5-6-8-21-11-9-20(4)10-12-21/h14-15H,5-13H2,1-4H3. The monoisotopic (exact) mass is 304 g/mol. The Morgan fingerprint density at radius 2 is 1.55 bits per heavy atom. The maximum absolute atomic E-state index is 6.01. The van der Waals surface area contributed by atoms with Gasteiger partial charge >= 0.3 is 0 Å². The molecule has 1 aliphatic rings. The second-order valence-corrected chi connectivity index (χ2v) is 6.78. The molecule has 2 rings (SSSR count). The molecule has 1 aromatic carbocycles. The molecule has 0 aromatic heterocycles. The number of piperazine rings is 1. The zero-order chi connectivity index (χ0) is 15.9. The van der Waals surface area contributed by atoms with E-state index in [2.05, 4.69) is 49.8 Å². The molecule has 0 atom stereocenters. The third kappa shape index (κ3) is 5.29. The molecule has 0 aliphatic carbocycles. The third-order valence-electron chi connectivity index (χ3n) is 4.57. The molecule has 0 amide bonds. The minimum Gasteiger partial charge on any atom is -0.493 e. The first-order chi connectivity index (χ1) is 10.6. The van der Waals surface area contributed by atoms with Crippen molar-refractivity contribution in [1.82, 2.24) is 9.80 Å². The summed E-state index contributed by atoms with van der Waals surface area (Å²) < 4.78 is 6.01. The number of ether oxygens (including phenoxy) is 1. The van der Waals surface area contributed by atoms with Crippen LogP contribution in [0.5, 0.6) is 5.75 Å². The highest BCUT2D eigenvalue weighted by Crippen LogP contribution is 2.24. The second-order valence-electron chi connectivity index (χ2n) is 6.78. The van der Waals surface area contributed by atoms with Crippen molar-refractivity contribution in [3.05, 3.63) is 28.8 Å². The van der Waals surface area contributed by atoms with Crippen LogP contribution in [0.4, 0.5) is 0 Å². The van der Waals surface area contributed by atoms with E-state index in [1.807, 2.05) is 0 Å². The van der Waals surface area contributed by atoms with Gasteiger partial charge in [-0.1, -0.05) is 17.7 Å². The molecule has 124 valence electrons. The number of hydrogen-bond donors (Lipinski definition) is 0. The van der Waals surface area contributed by atoms with Gasteiger partial charge in [0.05, 0.1) is 6.61 Å². The third-order valence-corrected chi connectivity index (χ3v) is 4.57. The molecule has 22 heavy (non-hydrogen) atoms. The summed E-state index contributed by atoms with van der Waals surface area (Å²) in [5.74, 6) is 1.09. The van der Waals surface area contributed by atoms with Crippen LogP contribution in [0.2, 0.25) is 0 Å². The van der Waals surface area contributed by atoms with Gasteiger partial charge in [-0.3, -0.25) is 0 Å². The van der Waals surface area contributed by atoms with Crippen LogP contribution in [0.15, 0.2) is 12.1 Å². The van der Waals surface area contributed by atoms with E-state index in [4.69, 9.17) is 4.74 Å². The van der Waals surface area contributed by atoms with Gasteiger partial charge in [-0.25, -0.2) is 0 Å². The largest absolute Gasteiger partial charge is 0.493 e. The molecular formula is C19H32N2O. The van der Waals surface area contributed by atoms with E-state index in [0.717, 1.165) is 18.8 Å². The molecule has 0 N–H and O–H groups in total. The quantitative estimate of drug-likeness (QED) is 0.718. The van der Waals surface area contributed by atoms with Crippen molar-refractivity contribution >= 4 is 0 Å². The Hall–Kier alpha value is -1.06. The van der Waals surface area contributed by atoms with Gasteiger partial charge in [-0.15, -0.1) is 0 Å². The number of rotatable bonds is 7. The fourth-order valence-electron chi connectivity index (χ4n) is 3.25. The highest BCUT2D eigenvalue weighted by Gasteiger charge is 2.12. The van der Waals surface area contributed by atoms with Gasteiger partial charge in [0.1, 0.15) is 5.75 Å². The molecule has 0 unspecified atom stereocenters. The van der Waals surface area contributed by atoms with Crippen LogP contribution < -0.4 is 4.74 Å². The number of nitrogens with zero attached hydrogens (tertiary/aromatic N) is 2. The summed E-state index contributed by atoms with van der Waals surface area (Å²) in [4.78, 5) is 5.01. The summed E-state index contributed by atoms with van der Waals surface area (Å²) in [5, 5.41) is 0. The first-order valence-electron chi connectivity index (χ1n) is 8.68. The van der Waals surface area contributed by atoms with Crippen molar-refractivity contribution in [3.63, 3.8) is 0 Å². The molecule has 1 fully saturated rings. The van der Waals surface area contributed by atoms with Crippen molar-refractivity contribution in [2.45, 2.75) is 40.0 Å². The molecule has 3 heteroatoms. The van der Waals surface area contributed by atoms with Gasteiger partial charge in [-0.2, -0.15) is 0 Å². The smallest absolute Gasteiger partial charge is 0.125 e. The van der Waals surface area contributed by atoms with Crippen molar-refractivity contribution in [2.75, 3.05) is 46.4 Å². The van der Waals surface area contributed by atoms with E-state index in [0.29, 0.717) is 0 Å². The topological polar surface area (TPSA) is 15.7 Å². The van der Waals surface area contributed by atoms with E-state index in [1.54, 1.807) is 0 Å². The lowest BCUT2D eigenvalue weighted by Crippen LogP contribution is -2.44. The first kappa shape index (κ1) is 17.3. The van der Waals surface area contributed by atoms with Crippen LogP contribution in [0.25, 0.3) is 0 Å². The summed E-state index contributed by atoms with van der Waals surface area (Å²) in [6, 6.07) is 4.41. The number of unbranched alkanes of at least 4 members (excludes halogenated alkanes) is 2. The molecular weight excluding hydrogens is 272 g/mol. The summed E-state index contributed by atoms with van der Waals surface area (Å²) in [6.45, 7) is 13.4. The van der Waals surface area contributed by atoms with Gasteiger partial charge < -0.3 is 14.5 Å². The Morgan fingerprint density at radius 3 is 2.18 bits per heavy atom. The average Bonchev–Trinajstić information content (AvgIpc) is 2.46. The van der Waals surface area contributed by atoms with Crippen LogP contribution in [-0.4, -0.2) is 56.2 Å². The highest BCUT2D eigenvalue weighted by molar-refractivity contribution is 5.42. The van der Waals surface area contributed by atoms with Crippen LogP contribution in [0.3, 0.4) is 0 Å². The van der Waals surface area contributed by atoms with Crippen LogP contribution in [0.1, 0.15) is 36.0 Å². The Bertz CT molecular complexity index is 441. The summed E-state index contributed by atoms with van der Waals surface area (Å²) in [7, 11) is 2.21. The van der Waals surface area contributed by atoms with Crippen LogP contribution >= 0.6 is 0 Å². The molecule has 1 aliphatic heterocycles. The first-order valence-corrected chi connectivity index (χ1v) is 8.68. The molecule has 1 heterocycles. The van der Waals surface area contributed by atoms with E-state index in [-0.39, 0.29) is 0 Å². The minimum absolute atomic E-state index is 0.841. The molecule has 0 bridgehead atoms. The Kier molecular flexibility index (Phi) is 6.71. The van der Waals surface area contributed by atoms with Crippen LogP contribution in [-0.2, 0) is 0 Å². The molecule has 3 nitrogen and oxygen atoms in total. The predicted octanol–water partition coefficient (Wildman–Crippen LogP) is 3.41. The number of hydrogen-bond acceptors (Lipinski definition) is 3. The second kappa shape index (κ2) is 8.54. The predicted molar refractivity (Wildman–Crippen MR) is 93.9 cm³/mol. The maximum atomic E-state index is 6.01. The summed E-state index contributed by atoms with van der Waals surface area (Å²) >= 11 is 0. The fourth-order valence-corrected chi connectivity index (χ4v) is 3.25. The van der Waals surface area contributed by atoms with Gasteiger partial charge in [0.15, 0.2) is 0 Å². The molecule has 0 radical (unpaired) electrons. The van der Waals surface area contributed by atoms with Gasteiger partial charge in [-0.05, 0) is 64.8 Å². The zero-order valence-electron chi connectivity index (χ0n) is 14.8. The van der Waals surface area contributed by atoms with Crippen molar-refractivity contribution in [2.24, 2.45) is 0 Å². The summed E-state index contributed by atoms with van der Waals surface area (Å²) in [6.07, 6.45) is 3.70. The number of aryl methyl sites for hydroxylation is 3. The maximum Gasteiger partial charge on any atom is 0.125 e. The number of benzene rings is 1. The minimum atomic E-state index is 0.841. The van der Waals surface area contributed by atoms with Gasteiger partial charge in [0, 0.05) is 26.2 Å². The Morgan fingerprint density at radius 1 is 0.909 bits per heavy atom. The summed E-state index contributed by atoms with van der Waals surface area (Å²) in [5.41, 5.74) is 3.83. The Labute approximate surface area is 136 Å². The molecule has 1 aromatic rings. The van der Waals surface area contributed by atoms with E-state index in [9.17, 15) is 0 Å². The van der Waals surface area contributed by atoms with E-state index in [1.165, 1.54) is 62.3 Å². The molecule has 1 saturated heterocycles. The fraction of sp³-hybridized carbons (Fsp3) is 0.684. The lowest BCUT2D eigenvalue weighted by Gasteiger charge is -2.32. The van der Waals surface area contributed by atoms with E-state index >= 15 is 0 Å². The number of likely N-dealkylation sites (N-methyl/N-ethyl adjacent to an activating group) is 1. The van der Waals surface area contributed by atoms with Gasteiger partial charge in [0.2, 0.25) is 0 Å². The normalized spacial score (nSPS) is 16.9. The zero-order valence-corrected chi connectivity index (χ0v) is 14.8.